The summed E-state index contributed by atoms with van der Waals surface area (Å²) in [6, 6.07) is 0. The molecule has 0 fully saturated rings. The second-order valence-corrected chi connectivity index (χ2v) is 4.43. The minimum atomic E-state index is 0.423. The van der Waals surface area contributed by atoms with Crippen LogP contribution in [-0.4, -0.2) is 0 Å². The molecule has 0 atom stereocenters. The Kier molecular flexibility index (Phi) is 9.83. The molecule has 0 bridgehead atoms. The van der Waals surface area contributed by atoms with Crippen molar-refractivity contribution in [1.29, 1.82) is 0 Å². The zero-order valence-electron chi connectivity index (χ0n) is 7.80. The van der Waals surface area contributed by atoms with Crippen molar-refractivity contribution in [3.8, 4) is 0 Å². The van der Waals surface area contributed by atoms with Crippen LogP contribution in [0.2, 0.25) is 0 Å². The molecule has 0 heterocycles. The van der Waals surface area contributed by atoms with Gasteiger partial charge in [-0.2, -0.15) is 0 Å². The fraction of sp³-hybridized carbons (Fsp3) is 0.200. The van der Waals surface area contributed by atoms with Crippen molar-refractivity contribution in [2.24, 2.45) is 0 Å². The standard InChI is InChI=1S/C10H10Br2F2O/c11-9(3-1-5-13)7-15-8-10(12)4-2-6-14/h1-2,5-8H,3-4H2. The molecule has 15 heavy (non-hydrogen) atoms. The Hall–Kier alpha value is -0.420. The Labute approximate surface area is 104 Å². The van der Waals surface area contributed by atoms with Gasteiger partial charge in [-0.05, 0) is 0 Å². The average Bonchev–Trinajstić information content (AvgIpc) is 2.23. The van der Waals surface area contributed by atoms with Crippen LogP contribution in [0.4, 0.5) is 8.78 Å². The molecule has 0 aliphatic carbocycles. The van der Waals surface area contributed by atoms with E-state index in [1.807, 2.05) is 0 Å². The monoisotopic (exact) mass is 342 g/mol. The van der Waals surface area contributed by atoms with Crippen molar-refractivity contribution in [3.63, 3.8) is 0 Å². The van der Waals surface area contributed by atoms with Crippen LogP contribution in [0.5, 0.6) is 0 Å². The zero-order valence-corrected chi connectivity index (χ0v) is 11.0. The van der Waals surface area contributed by atoms with Crippen LogP contribution in [0.1, 0.15) is 12.8 Å². The molecule has 0 saturated heterocycles. The van der Waals surface area contributed by atoms with Gasteiger partial charge >= 0.3 is 0 Å². The fourth-order valence-corrected chi connectivity index (χ4v) is 1.18. The lowest BCUT2D eigenvalue weighted by Gasteiger charge is -1.95. The van der Waals surface area contributed by atoms with Gasteiger partial charge in [0.2, 0.25) is 0 Å². The van der Waals surface area contributed by atoms with E-state index in [2.05, 4.69) is 31.9 Å². The van der Waals surface area contributed by atoms with Crippen LogP contribution in [0.25, 0.3) is 0 Å². The molecule has 0 amide bonds. The lowest BCUT2D eigenvalue weighted by molar-refractivity contribution is 0.398. The Balaban J connectivity index is 3.93. The summed E-state index contributed by atoms with van der Waals surface area (Å²) in [6.45, 7) is 0. The largest absolute Gasteiger partial charge is 0.471 e. The quantitative estimate of drug-likeness (QED) is 0.600. The Morgan fingerprint density at radius 1 is 0.933 bits per heavy atom. The Morgan fingerprint density at radius 3 is 1.67 bits per heavy atom. The average molecular weight is 344 g/mol. The molecule has 0 aliphatic heterocycles. The van der Waals surface area contributed by atoms with E-state index < -0.39 is 0 Å². The first-order valence-electron chi connectivity index (χ1n) is 4.05. The van der Waals surface area contributed by atoms with Crippen LogP contribution >= 0.6 is 31.9 Å². The number of halogens is 4. The molecule has 5 heteroatoms. The summed E-state index contributed by atoms with van der Waals surface area (Å²) in [5.74, 6) is 0. The smallest absolute Gasteiger partial charge is 0.101 e. The van der Waals surface area contributed by atoms with Crippen LogP contribution in [-0.2, 0) is 4.74 Å². The van der Waals surface area contributed by atoms with Gasteiger partial charge in [-0.15, -0.1) is 0 Å². The van der Waals surface area contributed by atoms with Gasteiger partial charge < -0.3 is 4.74 Å². The van der Waals surface area contributed by atoms with Crippen molar-refractivity contribution in [1.82, 2.24) is 0 Å². The van der Waals surface area contributed by atoms with Gasteiger partial charge in [0.25, 0.3) is 0 Å². The van der Waals surface area contributed by atoms with E-state index in [-0.39, 0.29) is 0 Å². The van der Waals surface area contributed by atoms with Gasteiger partial charge in [0.1, 0.15) is 12.5 Å². The van der Waals surface area contributed by atoms with E-state index in [0.717, 1.165) is 0 Å². The molecule has 0 radical (unpaired) electrons. The van der Waals surface area contributed by atoms with Gasteiger partial charge in [0.15, 0.2) is 0 Å². The summed E-state index contributed by atoms with van der Waals surface area (Å²) in [5.41, 5.74) is 0. The minimum absolute atomic E-state index is 0.423. The first-order valence-corrected chi connectivity index (χ1v) is 5.64. The highest BCUT2D eigenvalue weighted by Crippen LogP contribution is 2.14. The molecular weight excluding hydrogens is 334 g/mol. The summed E-state index contributed by atoms with van der Waals surface area (Å²) in [5, 5.41) is 0. The van der Waals surface area contributed by atoms with E-state index in [1.165, 1.54) is 24.7 Å². The Bertz CT molecular complexity index is 255. The molecule has 0 aromatic carbocycles. The summed E-state index contributed by atoms with van der Waals surface area (Å²) in [4.78, 5) is 0. The Morgan fingerprint density at radius 2 is 1.33 bits per heavy atom. The summed E-state index contributed by atoms with van der Waals surface area (Å²) >= 11 is 6.36. The molecule has 0 N–H and O–H groups in total. The third-order valence-corrected chi connectivity index (χ3v) is 2.22. The highest BCUT2D eigenvalue weighted by atomic mass is 79.9. The predicted molar refractivity (Wildman–Crippen MR) is 64.8 cm³/mol. The highest BCUT2D eigenvalue weighted by molar-refractivity contribution is 9.12. The molecule has 0 saturated carbocycles. The van der Waals surface area contributed by atoms with Crippen molar-refractivity contribution >= 4 is 31.9 Å². The van der Waals surface area contributed by atoms with Gasteiger partial charge in [-0.3, -0.25) is 0 Å². The van der Waals surface area contributed by atoms with E-state index in [0.29, 0.717) is 34.5 Å². The predicted octanol–water partition coefficient (Wildman–Crippen LogP) is 5.22. The molecule has 0 unspecified atom stereocenters. The number of hydrogen-bond donors (Lipinski definition) is 0. The third kappa shape index (κ3) is 9.87. The van der Waals surface area contributed by atoms with Crippen molar-refractivity contribution in [2.75, 3.05) is 0 Å². The number of rotatable bonds is 6. The van der Waals surface area contributed by atoms with Gasteiger partial charge in [-0.1, -0.05) is 44.0 Å². The van der Waals surface area contributed by atoms with Crippen LogP contribution in [0.3, 0.4) is 0 Å². The topological polar surface area (TPSA) is 9.23 Å². The molecule has 0 aliphatic rings. The van der Waals surface area contributed by atoms with E-state index >= 15 is 0 Å². The molecule has 0 rings (SSSR count). The maximum Gasteiger partial charge on any atom is 0.101 e. The normalized spacial score (nSPS) is 14.1. The van der Waals surface area contributed by atoms with E-state index in [9.17, 15) is 8.78 Å². The van der Waals surface area contributed by atoms with Gasteiger partial charge in [0, 0.05) is 21.8 Å². The second kappa shape index (κ2) is 10.1. The molecule has 0 aromatic heterocycles. The first kappa shape index (κ1) is 14.6. The van der Waals surface area contributed by atoms with Crippen LogP contribution in [0, 0.1) is 0 Å². The first-order chi connectivity index (χ1) is 7.20. The number of hydrogen-bond acceptors (Lipinski definition) is 1. The van der Waals surface area contributed by atoms with Gasteiger partial charge in [0.05, 0.1) is 12.7 Å². The lowest BCUT2D eigenvalue weighted by Crippen LogP contribution is -1.74. The summed E-state index contributed by atoms with van der Waals surface area (Å²) in [7, 11) is 0. The summed E-state index contributed by atoms with van der Waals surface area (Å²) < 4.78 is 29.6. The van der Waals surface area contributed by atoms with Gasteiger partial charge in [-0.25, -0.2) is 8.78 Å². The van der Waals surface area contributed by atoms with E-state index in [1.54, 1.807) is 0 Å². The molecule has 0 aromatic rings. The minimum Gasteiger partial charge on any atom is -0.471 e. The molecule has 84 valence electrons. The molecular formula is C10H10Br2F2O. The SMILES string of the molecule is FC=CCC(Br)=COC=C(Br)CC=CF. The maximum atomic E-state index is 11.6. The number of allylic oxidation sites excluding steroid dienone is 4. The zero-order chi connectivity index (χ0) is 11.5. The maximum absolute atomic E-state index is 11.6. The van der Waals surface area contributed by atoms with E-state index in [4.69, 9.17) is 4.74 Å². The third-order valence-electron chi connectivity index (χ3n) is 1.20. The van der Waals surface area contributed by atoms with Crippen LogP contribution < -0.4 is 0 Å². The summed E-state index contributed by atoms with van der Waals surface area (Å²) in [6.07, 6.45) is 7.32. The number of ether oxygens (including phenoxy) is 1. The second-order valence-electron chi connectivity index (χ2n) is 2.40. The van der Waals surface area contributed by atoms with Crippen LogP contribution in [0.15, 0.2) is 46.3 Å². The van der Waals surface area contributed by atoms with Crippen molar-refractivity contribution in [3.05, 3.63) is 46.3 Å². The molecule has 0 spiro atoms. The van der Waals surface area contributed by atoms with Crippen molar-refractivity contribution in [2.45, 2.75) is 12.8 Å². The molecule has 1 nitrogen and oxygen atoms in total. The van der Waals surface area contributed by atoms with Crippen molar-refractivity contribution < 1.29 is 13.5 Å². The highest BCUT2D eigenvalue weighted by Gasteiger charge is 1.90. The fourth-order valence-electron chi connectivity index (χ4n) is 0.592. The lowest BCUT2D eigenvalue weighted by atomic mass is 10.4.